The first-order valence-corrected chi connectivity index (χ1v) is 12.6. The zero-order valence-electron chi connectivity index (χ0n) is 15.8. The fourth-order valence-corrected chi connectivity index (χ4v) is 6.86. The summed E-state index contributed by atoms with van der Waals surface area (Å²) < 4.78 is 27.2. The number of rotatable bonds is 5. The minimum Gasteiger partial charge on any atom is -0.353 e. The SMILES string of the molecule is CSc1ccc(S(=O)(=O)N2CCC(C(=O)N[C@H]3C[C@H]4CC[C@@H]3C4)CC2)cc1. The van der Waals surface area contributed by atoms with Crippen molar-refractivity contribution in [1.29, 1.82) is 0 Å². The van der Waals surface area contributed by atoms with Crippen LogP contribution < -0.4 is 5.32 Å². The largest absolute Gasteiger partial charge is 0.353 e. The lowest BCUT2D eigenvalue weighted by molar-refractivity contribution is -0.127. The summed E-state index contributed by atoms with van der Waals surface area (Å²) in [4.78, 5) is 14.0. The van der Waals surface area contributed by atoms with E-state index in [1.165, 1.54) is 23.6 Å². The molecule has 7 heteroatoms. The molecule has 4 rings (SSSR count). The second kappa shape index (κ2) is 7.76. The summed E-state index contributed by atoms with van der Waals surface area (Å²) in [7, 11) is -3.47. The summed E-state index contributed by atoms with van der Waals surface area (Å²) in [5, 5.41) is 3.27. The summed E-state index contributed by atoms with van der Waals surface area (Å²) in [6, 6.07) is 7.39. The molecule has 1 heterocycles. The highest BCUT2D eigenvalue weighted by molar-refractivity contribution is 7.98. The third kappa shape index (κ3) is 3.91. The first kappa shape index (κ1) is 19.3. The van der Waals surface area contributed by atoms with E-state index in [2.05, 4.69) is 5.32 Å². The van der Waals surface area contributed by atoms with E-state index in [0.717, 1.165) is 17.2 Å². The van der Waals surface area contributed by atoms with E-state index in [0.29, 0.717) is 42.8 Å². The van der Waals surface area contributed by atoms with Gasteiger partial charge in [0, 0.05) is 29.9 Å². The number of benzene rings is 1. The molecule has 1 N–H and O–H groups in total. The van der Waals surface area contributed by atoms with Gasteiger partial charge >= 0.3 is 0 Å². The van der Waals surface area contributed by atoms with Crippen LogP contribution in [0, 0.1) is 17.8 Å². The Kier molecular flexibility index (Phi) is 5.54. The van der Waals surface area contributed by atoms with Gasteiger partial charge in [0.25, 0.3) is 0 Å². The molecule has 1 aromatic rings. The van der Waals surface area contributed by atoms with Crippen LogP contribution >= 0.6 is 11.8 Å². The van der Waals surface area contributed by atoms with Crippen molar-refractivity contribution in [3.63, 3.8) is 0 Å². The van der Waals surface area contributed by atoms with Crippen LogP contribution in [0.15, 0.2) is 34.1 Å². The van der Waals surface area contributed by atoms with E-state index in [1.54, 1.807) is 23.9 Å². The highest BCUT2D eigenvalue weighted by atomic mass is 32.2. The Balaban J connectivity index is 1.33. The average Bonchev–Trinajstić information content (AvgIpc) is 3.31. The molecule has 3 fully saturated rings. The zero-order chi connectivity index (χ0) is 19.0. The number of hydrogen-bond donors (Lipinski definition) is 1. The molecule has 3 atom stereocenters. The quantitative estimate of drug-likeness (QED) is 0.760. The normalized spacial score (nSPS) is 29.1. The predicted molar refractivity (Wildman–Crippen MR) is 107 cm³/mol. The van der Waals surface area contributed by atoms with Crippen LogP contribution in [0.2, 0.25) is 0 Å². The predicted octanol–water partition coefficient (Wildman–Crippen LogP) is 3.11. The van der Waals surface area contributed by atoms with Gasteiger partial charge in [-0.25, -0.2) is 8.42 Å². The van der Waals surface area contributed by atoms with E-state index in [9.17, 15) is 13.2 Å². The van der Waals surface area contributed by atoms with E-state index in [-0.39, 0.29) is 11.8 Å². The summed E-state index contributed by atoms with van der Waals surface area (Å²) in [6.45, 7) is 0.836. The number of carbonyl (C=O) groups is 1. The van der Waals surface area contributed by atoms with E-state index >= 15 is 0 Å². The van der Waals surface area contributed by atoms with Crippen LogP contribution in [0.3, 0.4) is 0 Å². The molecule has 0 radical (unpaired) electrons. The lowest BCUT2D eigenvalue weighted by Gasteiger charge is -2.32. The zero-order valence-corrected chi connectivity index (χ0v) is 17.4. The van der Waals surface area contributed by atoms with E-state index < -0.39 is 10.0 Å². The van der Waals surface area contributed by atoms with Gasteiger partial charge in [-0.1, -0.05) is 6.42 Å². The summed E-state index contributed by atoms with van der Waals surface area (Å²) in [6.07, 6.45) is 8.17. The van der Waals surface area contributed by atoms with Gasteiger partial charge in [-0.15, -0.1) is 11.8 Å². The number of nitrogens with zero attached hydrogens (tertiary/aromatic N) is 1. The van der Waals surface area contributed by atoms with Crippen molar-refractivity contribution in [3.8, 4) is 0 Å². The van der Waals surface area contributed by atoms with Crippen LogP contribution in [-0.4, -0.2) is 44.0 Å². The lowest BCUT2D eigenvalue weighted by atomic mass is 9.93. The standard InChI is InChI=1S/C20H28N2O3S2/c1-26-17-4-6-18(7-5-17)27(24,25)22-10-8-15(9-11-22)20(23)21-19-13-14-2-3-16(19)12-14/h4-7,14-16,19H,2-3,8-13H2,1H3,(H,21,23)/t14-,16+,19-/m0/s1. The molecule has 1 aliphatic heterocycles. The Labute approximate surface area is 166 Å². The number of amides is 1. The van der Waals surface area contributed by atoms with Crippen molar-refractivity contribution >= 4 is 27.7 Å². The molecular weight excluding hydrogens is 380 g/mol. The van der Waals surface area contributed by atoms with Crippen molar-refractivity contribution < 1.29 is 13.2 Å². The van der Waals surface area contributed by atoms with Gasteiger partial charge in [0.2, 0.25) is 15.9 Å². The van der Waals surface area contributed by atoms with Crippen LogP contribution in [0.25, 0.3) is 0 Å². The van der Waals surface area contributed by atoms with Crippen molar-refractivity contribution in [1.82, 2.24) is 9.62 Å². The smallest absolute Gasteiger partial charge is 0.243 e. The highest BCUT2D eigenvalue weighted by Crippen LogP contribution is 2.44. The fourth-order valence-electron chi connectivity index (χ4n) is 4.98. The van der Waals surface area contributed by atoms with Gasteiger partial charge in [0.05, 0.1) is 4.90 Å². The lowest BCUT2D eigenvalue weighted by Crippen LogP contribution is -2.46. The monoisotopic (exact) mass is 408 g/mol. The third-order valence-electron chi connectivity index (χ3n) is 6.59. The number of fused-ring (bicyclic) bond motifs is 2. The fraction of sp³-hybridized carbons (Fsp3) is 0.650. The molecule has 0 unspecified atom stereocenters. The Hall–Kier alpha value is -1.05. The van der Waals surface area contributed by atoms with Crippen molar-refractivity contribution in [2.24, 2.45) is 17.8 Å². The molecule has 2 aliphatic carbocycles. The molecular formula is C20H28N2O3S2. The van der Waals surface area contributed by atoms with Gasteiger partial charge in [-0.3, -0.25) is 4.79 Å². The first-order valence-electron chi connectivity index (χ1n) is 9.92. The van der Waals surface area contributed by atoms with Crippen molar-refractivity contribution in [3.05, 3.63) is 24.3 Å². The number of thioether (sulfide) groups is 1. The number of piperidine rings is 1. The molecule has 1 saturated heterocycles. The van der Waals surface area contributed by atoms with Crippen LogP contribution in [0.1, 0.15) is 38.5 Å². The molecule has 2 bridgehead atoms. The Morgan fingerprint density at radius 3 is 2.33 bits per heavy atom. The molecule has 0 spiro atoms. The van der Waals surface area contributed by atoms with E-state index in [4.69, 9.17) is 0 Å². The van der Waals surface area contributed by atoms with Gasteiger partial charge in [0.15, 0.2) is 0 Å². The molecule has 27 heavy (non-hydrogen) atoms. The topological polar surface area (TPSA) is 66.5 Å². The van der Waals surface area contributed by atoms with Crippen LogP contribution in [0.5, 0.6) is 0 Å². The van der Waals surface area contributed by atoms with E-state index in [1.807, 2.05) is 18.4 Å². The molecule has 1 amide bonds. The third-order valence-corrected chi connectivity index (χ3v) is 9.24. The molecule has 1 aromatic carbocycles. The molecule has 0 aromatic heterocycles. The Morgan fingerprint density at radius 1 is 1.07 bits per heavy atom. The maximum atomic E-state index is 12.8. The van der Waals surface area contributed by atoms with Gasteiger partial charge in [-0.2, -0.15) is 4.31 Å². The van der Waals surface area contributed by atoms with Gasteiger partial charge < -0.3 is 5.32 Å². The maximum Gasteiger partial charge on any atom is 0.243 e. The van der Waals surface area contributed by atoms with Crippen LogP contribution in [0.4, 0.5) is 0 Å². The molecule has 2 saturated carbocycles. The maximum absolute atomic E-state index is 12.8. The molecule has 148 valence electrons. The van der Waals surface area contributed by atoms with Crippen molar-refractivity contribution in [2.45, 2.75) is 54.4 Å². The van der Waals surface area contributed by atoms with Gasteiger partial charge in [0.1, 0.15) is 0 Å². The van der Waals surface area contributed by atoms with Gasteiger partial charge in [-0.05, 0) is 74.5 Å². The first-order chi connectivity index (χ1) is 13.0. The second-order valence-electron chi connectivity index (χ2n) is 8.14. The molecule has 3 aliphatic rings. The van der Waals surface area contributed by atoms with Crippen LogP contribution in [-0.2, 0) is 14.8 Å². The number of nitrogens with one attached hydrogen (secondary N) is 1. The summed E-state index contributed by atoms with van der Waals surface area (Å²) in [5.74, 6) is 1.55. The summed E-state index contributed by atoms with van der Waals surface area (Å²) >= 11 is 1.59. The molecule has 5 nitrogen and oxygen atoms in total. The second-order valence-corrected chi connectivity index (χ2v) is 11.0. The number of carbonyl (C=O) groups excluding carboxylic acids is 1. The number of hydrogen-bond acceptors (Lipinski definition) is 4. The van der Waals surface area contributed by atoms with Crippen molar-refractivity contribution in [2.75, 3.05) is 19.3 Å². The minimum absolute atomic E-state index is 0.0607. The average molecular weight is 409 g/mol. The Bertz CT molecular complexity index is 786. The minimum atomic E-state index is -3.47. The highest BCUT2D eigenvalue weighted by Gasteiger charge is 2.41. The number of sulfonamides is 1. The Morgan fingerprint density at radius 2 is 1.78 bits per heavy atom. The summed E-state index contributed by atoms with van der Waals surface area (Å²) in [5.41, 5.74) is 0.